The van der Waals surface area contributed by atoms with E-state index in [1.54, 1.807) is 13.8 Å². The second-order valence-corrected chi connectivity index (χ2v) is 8.61. The van der Waals surface area contributed by atoms with Crippen LogP contribution in [0.15, 0.2) is 6.07 Å². The van der Waals surface area contributed by atoms with E-state index in [0.29, 0.717) is 12.4 Å². The molecule has 9 heteroatoms. The highest BCUT2D eigenvalue weighted by Crippen LogP contribution is 2.49. The largest absolute Gasteiger partial charge is 0.572 e. The highest BCUT2D eigenvalue weighted by molar-refractivity contribution is 8.16. The molecule has 0 bridgehead atoms. The van der Waals surface area contributed by atoms with Gasteiger partial charge >= 0.3 is 6.72 Å². The maximum atomic E-state index is 9.71. The number of benzene rings is 1. The van der Waals surface area contributed by atoms with Crippen LogP contribution in [0.4, 0.5) is 0 Å². The highest BCUT2D eigenvalue weighted by atomic mass is 35.5. The van der Waals surface area contributed by atoms with E-state index in [1.807, 2.05) is 0 Å². The van der Waals surface area contributed by atoms with Crippen LogP contribution < -0.4 is 9.26 Å². The van der Waals surface area contributed by atoms with Gasteiger partial charge in [0, 0.05) is 6.07 Å². The molecule has 1 rings (SSSR count). The zero-order chi connectivity index (χ0) is 14.6. The molecule has 0 aliphatic heterocycles. The molecule has 0 radical (unpaired) electrons. The Bertz CT molecular complexity index is 518. The highest BCUT2D eigenvalue weighted by Gasteiger charge is 2.29. The summed E-state index contributed by atoms with van der Waals surface area (Å²) in [6.07, 6.45) is 0. The second kappa shape index (κ2) is 7.32. The molecule has 0 aromatic heterocycles. The average Bonchev–Trinajstić information content (AvgIpc) is 2.31. The normalized spacial score (nSPS) is 11.3. The van der Waals surface area contributed by atoms with E-state index < -0.39 is 6.72 Å². The van der Waals surface area contributed by atoms with Gasteiger partial charge < -0.3 is 9.26 Å². The van der Waals surface area contributed by atoms with E-state index in [0.717, 1.165) is 10.9 Å². The summed E-state index contributed by atoms with van der Waals surface area (Å²) in [5, 5.41) is 0.371. The minimum atomic E-state index is -3.59. The first-order valence-electron chi connectivity index (χ1n) is 5.31. The SMILES string of the molecule is CCOc1c(Cl)c(Cl)cc(OP(O)(O)=[S+]CC)c1Cl. The first kappa shape index (κ1) is 17.3. The molecule has 0 atom stereocenters. The molecule has 0 spiro atoms. The van der Waals surface area contributed by atoms with E-state index in [9.17, 15) is 9.79 Å². The van der Waals surface area contributed by atoms with Crippen LogP contribution in [0.25, 0.3) is 0 Å². The molecule has 19 heavy (non-hydrogen) atoms. The zero-order valence-corrected chi connectivity index (χ0v) is 14.2. The van der Waals surface area contributed by atoms with Gasteiger partial charge in [0.25, 0.3) is 0 Å². The quantitative estimate of drug-likeness (QED) is 0.466. The number of ether oxygens (including phenoxy) is 1. The Kier molecular flexibility index (Phi) is 6.67. The topological polar surface area (TPSA) is 58.9 Å². The van der Waals surface area contributed by atoms with Crippen molar-refractivity contribution >= 4 is 52.5 Å². The van der Waals surface area contributed by atoms with E-state index >= 15 is 0 Å². The molecule has 0 amide bonds. The standard InChI is InChI=1S/C10H13Cl3O4PS/c1-3-16-10-8(12)6(11)5-7(9(10)13)17-18(14,15)19-4-2/h5,14-15H,3-4H2,1-2H3/q+1. The molecular formula is C10H13Cl3O4PS+. The van der Waals surface area contributed by atoms with Gasteiger partial charge in [-0.1, -0.05) is 34.8 Å². The van der Waals surface area contributed by atoms with E-state index in [1.165, 1.54) is 6.07 Å². The Morgan fingerprint density at radius 2 is 1.84 bits per heavy atom. The Morgan fingerprint density at radius 3 is 2.37 bits per heavy atom. The Labute approximate surface area is 130 Å². The first-order valence-corrected chi connectivity index (χ1v) is 9.65. The molecule has 2 N–H and O–H groups in total. The van der Waals surface area contributed by atoms with Gasteiger partial charge in [0.15, 0.2) is 17.3 Å². The number of hydrogen-bond donors (Lipinski definition) is 2. The third kappa shape index (κ3) is 4.64. The molecule has 0 unspecified atom stereocenters. The summed E-state index contributed by atoms with van der Waals surface area (Å²) in [5.74, 6) is 0.673. The zero-order valence-electron chi connectivity index (χ0n) is 10.2. The lowest BCUT2D eigenvalue weighted by Gasteiger charge is -2.13. The van der Waals surface area contributed by atoms with Crippen LogP contribution in [0.3, 0.4) is 0 Å². The number of hydrogen-bond acceptors (Lipinski definition) is 2. The molecule has 4 nitrogen and oxygen atoms in total. The maximum absolute atomic E-state index is 9.71. The lowest BCUT2D eigenvalue weighted by atomic mass is 10.3. The van der Waals surface area contributed by atoms with Crippen molar-refractivity contribution in [1.82, 2.24) is 0 Å². The molecule has 108 valence electrons. The minimum absolute atomic E-state index is 0.0267. The lowest BCUT2D eigenvalue weighted by molar-refractivity contribution is 0.337. The monoisotopic (exact) mass is 365 g/mol. The fraction of sp³-hybridized carbons (Fsp3) is 0.400. The fourth-order valence-electron chi connectivity index (χ4n) is 1.22. The molecule has 1 aromatic carbocycles. The summed E-state index contributed by atoms with van der Waals surface area (Å²) in [5.41, 5.74) is 0. The van der Waals surface area contributed by atoms with Crippen LogP contribution in [0, 0.1) is 0 Å². The Balaban J connectivity index is 3.27. The summed E-state index contributed by atoms with van der Waals surface area (Å²) in [7, 11) is 0.891. The van der Waals surface area contributed by atoms with Gasteiger partial charge in [-0.15, -0.1) is 0 Å². The number of halogens is 3. The third-order valence-electron chi connectivity index (χ3n) is 1.89. The molecule has 0 saturated carbocycles. The van der Waals surface area contributed by atoms with Gasteiger partial charge in [0.05, 0.1) is 11.6 Å². The van der Waals surface area contributed by atoms with Crippen molar-refractivity contribution in [1.29, 1.82) is 0 Å². The van der Waals surface area contributed by atoms with Crippen molar-refractivity contribution in [3.05, 3.63) is 21.1 Å². The number of rotatable bonds is 5. The first-order chi connectivity index (χ1) is 8.82. The predicted molar refractivity (Wildman–Crippen MR) is 82.5 cm³/mol. The van der Waals surface area contributed by atoms with Gasteiger partial charge in [-0.3, -0.25) is 9.79 Å². The van der Waals surface area contributed by atoms with Gasteiger partial charge in [0.1, 0.15) is 10.0 Å². The fourth-order valence-corrected chi connectivity index (χ4v) is 4.15. The summed E-state index contributed by atoms with van der Waals surface area (Å²) in [4.78, 5) is 19.4. The van der Waals surface area contributed by atoms with Gasteiger partial charge in [-0.2, -0.15) is 0 Å². The Hall–Kier alpha value is 0.260. The summed E-state index contributed by atoms with van der Waals surface area (Å²) in [6.45, 7) is 0.280. The molecule has 0 fully saturated rings. The molecule has 1 aromatic rings. The van der Waals surface area contributed by atoms with Gasteiger partial charge in [0.2, 0.25) is 10.9 Å². The van der Waals surface area contributed by atoms with Crippen LogP contribution in [-0.4, -0.2) is 22.1 Å². The summed E-state index contributed by atoms with van der Waals surface area (Å²) < 4.78 is 10.4. The molecule has 0 heterocycles. The average molecular weight is 367 g/mol. The van der Waals surface area contributed by atoms with Crippen molar-refractivity contribution in [2.45, 2.75) is 13.8 Å². The lowest BCUT2D eigenvalue weighted by Crippen LogP contribution is -1.98. The Morgan fingerprint density at radius 1 is 1.21 bits per heavy atom. The third-order valence-corrected chi connectivity index (χ3v) is 6.05. The maximum Gasteiger partial charge on any atom is 0.572 e. The molecular weight excluding hydrogens is 354 g/mol. The van der Waals surface area contributed by atoms with Gasteiger partial charge in [-0.05, 0) is 13.8 Å². The molecule has 0 aliphatic rings. The van der Waals surface area contributed by atoms with Crippen LogP contribution in [0.1, 0.15) is 13.8 Å². The van der Waals surface area contributed by atoms with E-state index in [2.05, 4.69) is 0 Å². The van der Waals surface area contributed by atoms with Crippen LogP contribution in [-0.2, 0) is 10.9 Å². The predicted octanol–water partition coefficient (Wildman–Crippen LogP) is 4.19. The van der Waals surface area contributed by atoms with Crippen molar-refractivity contribution in [3.63, 3.8) is 0 Å². The van der Waals surface area contributed by atoms with Crippen molar-refractivity contribution < 1.29 is 19.0 Å². The van der Waals surface area contributed by atoms with Gasteiger partial charge in [-0.25, -0.2) is 0 Å². The van der Waals surface area contributed by atoms with E-state index in [4.69, 9.17) is 44.1 Å². The van der Waals surface area contributed by atoms with Crippen LogP contribution >= 0.6 is 41.5 Å². The summed E-state index contributed by atoms with van der Waals surface area (Å²) >= 11 is 18.0. The minimum Gasteiger partial charge on any atom is -0.491 e. The smallest absolute Gasteiger partial charge is 0.491 e. The van der Waals surface area contributed by atoms with E-state index in [-0.39, 0.29) is 26.6 Å². The van der Waals surface area contributed by atoms with Crippen molar-refractivity contribution in [2.24, 2.45) is 0 Å². The molecule has 0 saturated heterocycles. The van der Waals surface area contributed by atoms with Crippen molar-refractivity contribution in [2.75, 3.05) is 12.4 Å². The van der Waals surface area contributed by atoms with Crippen molar-refractivity contribution in [3.8, 4) is 11.5 Å². The summed E-state index contributed by atoms with van der Waals surface area (Å²) in [6, 6.07) is 1.33. The second-order valence-electron chi connectivity index (χ2n) is 3.25. The molecule has 0 aliphatic carbocycles. The van der Waals surface area contributed by atoms with Crippen LogP contribution in [0.5, 0.6) is 11.5 Å². The van der Waals surface area contributed by atoms with Crippen LogP contribution in [0.2, 0.25) is 15.1 Å².